The molecule has 2 rings (SSSR count). The van der Waals surface area contributed by atoms with E-state index in [1.807, 2.05) is 0 Å². The molecule has 0 radical (unpaired) electrons. The first-order valence-corrected chi connectivity index (χ1v) is 7.33. The second kappa shape index (κ2) is 7.06. The highest BCUT2D eigenvalue weighted by molar-refractivity contribution is 7.10. The van der Waals surface area contributed by atoms with E-state index < -0.39 is 17.9 Å². The van der Waals surface area contributed by atoms with E-state index in [9.17, 15) is 14.7 Å². The summed E-state index contributed by atoms with van der Waals surface area (Å²) in [5, 5.41) is 13.9. The monoisotopic (exact) mass is 321 g/mol. The second-order valence-electron chi connectivity index (χ2n) is 4.15. The Morgan fingerprint density at radius 1 is 1.24 bits per heavy atom. The third kappa shape index (κ3) is 4.18. The predicted octanol–water partition coefficient (Wildman–Crippen LogP) is 3.36. The molecule has 0 fully saturated rings. The Morgan fingerprint density at radius 3 is 2.62 bits per heavy atom. The molecule has 0 aliphatic heterocycles. The summed E-state index contributed by atoms with van der Waals surface area (Å²) in [4.78, 5) is 23.6. The van der Waals surface area contributed by atoms with E-state index >= 15 is 0 Å². The van der Waals surface area contributed by atoms with Crippen LogP contribution in [0.15, 0.2) is 47.9 Å². The number of halogens is 1. The lowest BCUT2D eigenvalue weighted by molar-refractivity contribution is -0.141. The van der Waals surface area contributed by atoms with Crippen molar-refractivity contribution in [2.24, 2.45) is 0 Å². The van der Waals surface area contributed by atoms with Gasteiger partial charge < -0.3 is 10.4 Å². The normalized spacial score (nSPS) is 12.2. The van der Waals surface area contributed by atoms with Crippen LogP contribution >= 0.6 is 22.9 Å². The van der Waals surface area contributed by atoms with Gasteiger partial charge in [0.1, 0.15) is 0 Å². The number of thiophene rings is 1. The fraction of sp³-hybridized carbons (Fsp3) is 0.0667. The number of benzene rings is 1. The van der Waals surface area contributed by atoms with Crippen LogP contribution in [0.1, 0.15) is 16.5 Å². The lowest BCUT2D eigenvalue weighted by Crippen LogP contribution is -2.31. The van der Waals surface area contributed by atoms with Crippen molar-refractivity contribution in [1.29, 1.82) is 0 Å². The maximum Gasteiger partial charge on any atom is 0.331 e. The lowest BCUT2D eigenvalue weighted by atomic mass is 10.2. The van der Waals surface area contributed by atoms with Gasteiger partial charge in [-0.15, -0.1) is 11.3 Å². The van der Waals surface area contributed by atoms with Crippen LogP contribution in [0.25, 0.3) is 6.08 Å². The van der Waals surface area contributed by atoms with Crippen molar-refractivity contribution in [1.82, 2.24) is 5.32 Å². The van der Waals surface area contributed by atoms with Crippen molar-refractivity contribution in [3.8, 4) is 0 Å². The summed E-state index contributed by atoms with van der Waals surface area (Å²) in [6.45, 7) is 0. The third-order valence-electron chi connectivity index (χ3n) is 2.68. The molecule has 1 atom stereocenters. The average molecular weight is 322 g/mol. The third-order valence-corrected chi connectivity index (χ3v) is 3.96. The number of nitrogens with one attached hydrogen (secondary N) is 1. The summed E-state index contributed by atoms with van der Waals surface area (Å²) in [5.74, 6) is -1.59. The van der Waals surface area contributed by atoms with Crippen LogP contribution in [0.5, 0.6) is 0 Å². The summed E-state index contributed by atoms with van der Waals surface area (Å²) in [6, 6.07) is 9.42. The number of amides is 1. The van der Waals surface area contributed by atoms with E-state index in [-0.39, 0.29) is 0 Å². The molecule has 1 unspecified atom stereocenters. The van der Waals surface area contributed by atoms with Gasteiger partial charge in [0.2, 0.25) is 5.91 Å². The SMILES string of the molecule is O=C(/C=C/c1ccccc1Cl)NC(C(=O)O)c1cccs1. The van der Waals surface area contributed by atoms with Crippen LogP contribution in [0.2, 0.25) is 5.02 Å². The van der Waals surface area contributed by atoms with E-state index in [0.717, 1.165) is 0 Å². The molecule has 0 saturated heterocycles. The topological polar surface area (TPSA) is 66.4 Å². The summed E-state index contributed by atoms with van der Waals surface area (Å²) in [7, 11) is 0. The zero-order valence-electron chi connectivity index (χ0n) is 10.8. The van der Waals surface area contributed by atoms with E-state index in [4.69, 9.17) is 11.6 Å². The predicted molar refractivity (Wildman–Crippen MR) is 83.3 cm³/mol. The first kappa shape index (κ1) is 15.3. The minimum Gasteiger partial charge on any atom is -0.479 e. The van der Waals surface area contributed by atoms with Gasteiger partial charge in [-0.05, 0) is 29.2 Å². The molecule has 1 aromatic carbocycles. The second-order valence-corrected chi connectivity index (χ2v) is 5.54. The molecule has 1 heterocycles. The van der Waals surface area contributed by atoms with Gasteiger partial charge in [0.25, 0.3) is 0 Å². The van der Waals surface area contributed by atoms with Crippen LogP contribution in [0, 0.1) is 0 Å². The van der Waals surface area contributed by atoms with Crippen molar-refractivity contribution >= 4 is 40.9 Å². The van der Waals surface area contributed by atoms with Crippen LogP contribution in [-0.4, -0.2) is 17.0 Å². The highest BCUT2D eigenvalue weighted by Gasteiger charge is 2.21. The Balaban J connectivity index is 2.07. The van der Waals surface area contributed by atoms with Gasteiger partial charge in [0.15, 0.2) is 6.04 Å². The molecule has 0 bridgehead atoms. The number of carbonyl (C=O) groups is 2. The number of carbonyl (C=O) groups excluding carboxylic acids is 1. The minimum absolute atomic E-state index is 0.490. The quantitative estimate of drug-likeness (QED) is 0.830. The van der Waals surface area contributed by atoms with Crippen molar-refractivity contribution < 1.29 is 14.7 Å². The Hall–Kier alpha value is -2.11. The molecule has 0 spiro atoms. The first-order chi connectivity index (χ1) is 10.1. The fourth-order valence-electron chi connectivity index (χ4n) is 1.68. The summed E-state index contributed by atoms with van der Waals surface area (Å²) < 4.78 is 0. The van der Waals surface area contributed by atoms with Gasteiger partial charge >= 0.3 is 5.97 Å². The summed E-state index contributed by atoms with van der Waals surface area (Å²) in [5.41, 5.74) is 0.692. The van der Waals surface area contributed by atoms with Crippen molar-refractivity contribution in [3.05, 3.63) is 63.3 Å². The lowest BCUT2D eigenvalue weighted by Gasteiger charge is -2.11. The number of carboxylic acids is 1. The molecule has 1 amide bonds. The number of aliphatic carboxylic acids is 1. The van der Waals surface area contributed by atoms with Crippen molar-refractivity contribution in [3.63, 3.8) is 0 Å². The van der Waals surface area contributed by atoms with Gasteiger partial charge in [-0.25, -0.2) is 4.79 Å². The van der Waals surface area contributed by atoms with Gasteiger partial charge in [-0.3, -0.25) is 4.79 Å². The molecule has 2 N–H and O–H groups in total. The zero-order chi connectivity index (χ0) is 15.2. The van der Waals surface area contributed by atoms with Crippen LogP contribution in [0.4, 0.5) is 0 Å². The Kier molecular flexibility index (Phi) is 5.14. The van der Waals surface area contributed by atoms with E-state index in [2.05, 4.69) is 5.32 Å². The first-order valence-electron chi connectivity index (χ1n) is 6.07. The summed E-state index contributed by atoms with van der Waals surface area (Å²) in [6.07, 6.45) is 2.82. The molecular weight excluding hydrogens is 310 g/mol. The number of carboxylic acid groups (broad SMARTS) is 1. The minimum atomic E-state index is -1.10. The van der Waals surface area contributed by atoms with E-state index in [0.29, 0.717) is 15.5 Å². The van der Waals surface area contributed by atoms with Crippen LogP contribution in [-0.2, 0) is 9.59 Å². The molecule has 0 aliphatic rings. The maximum absolute atomic E-state index is 11.8. The molecule has 0 aliphatic carbocycles. The molecule has 4 nitrogen and oxygen atoms in total. The standard InChI is InChI=1S/C15H12ClNO3S/c16-11-5-2-1-4-10(11)7-8-13(18)17-14(15(19)20)12-6-3-9-21-12/h1-9,14H,(H,17,18)(H,19,20)/b8-7+. The Labute approximate surface area is 130 Å². The van der Waals surface area contributed by atoms with E-state index in [1.165, 1.54) is 17.4 Å². The van der Waals surface area contributed by atoms with Crippen molar-refractivity contribution in [2.75, 3.05) is 0 Å². The molecule has 108 valence electrons. The molecular formula is C15H12ClNO3S. The molecule has 21 heavy (non-hydrogen) atoms. The number of hydrogen-bond donors (Lipinski definition) is 2. The Bertz CT molecular complexity index is 667. The van der Waals surface area contributed by atoms with Gasteiger partial charge in [-0.2, -0.15) is 0 Å². The van der Waals surface area contributed by atoms with E-state index in [1.54, 1.807) is 47.9 Å². The van der Waals surface area contributed by atoms with Crippen LogP contribution < -0.4 is 5.32 Å². The highest BCUT2D eigenvalue weighted by atomic mass is 35.5. The maximum atomic E-state index is 11.8. The number of rotatable bonds is 5. The molecule has 2 aromatic rings. The van der Waals surface area contributed by atoms with Gasteiger partial charge in [0, 0.05) is 16.0 Å². The summed E-state index contributed by atoms with van der Waals surface area (Å²) >= 11 is 7.25. The van der Waals surface area contributed by atoms with Gasteiger partial charge in [-0.1, -0.05) is 35.9 Å². The van der Waals surface area contributed by atoms with Crippen molar-refractivity contribution in [2.45, 2.75) is 6.04 Å². The molecule has 6 heteroatoms. The largest absolute Gasteiger partial charge is 0.479 e. The van der Waals surface area contributed by atoms with Gasteiger partial charge in [0.05, 0.1) is 0 Å². The highest BCUT2D eigenvalue weighted by Crippen LogP contribution is 2.19. The number of hydrogen-bond acceptors (Lipinski definition) is 3. The average Bonchev–Trinajstić information content (AvgIpc) is 2.97. The van der Waals surface area contributed by atoms with Crippen LogP contribution in [0.3, 0.4) is 0 Å². The zero-order valence-corrected chi connectivity index (χ0v) is 12.4. The Morgan fingerprint density at radius 2 is 2.00 bits per heavy atom. The molecule has 0 saturated carbocycles. The molecule has 1 aromatic heterocycles. The smallest absolute Gasteiger partial charge is 0.331 e. The fourth-order valence-corrected chi connectivity index (χ4v) is 2.64.